The van der Waals surface area contributed by atoms with Crippen molar-refractivity contribution in [3.8, 4) is 0 Å². The molecule has 1 rings (SSSR count). The highest BCUT2D eigenvalue weighted by Crippen LogP contribution is 2.20. The van der Waals surface area contributed by atoms with E-state index in [2.05, 4.69) is 4.98 Å². The number of nitrogens with two attached hydrogens (primary N) is 1. The summed E-state index contributed by atoms with van der Waals surface area (Å²) >= 11 is 5.20. The van der Waals surface area contributed by atoms with E-state index in [0.29, 0.717) is 5.56 Å². The van der Waals surface area contributed by atoms with Gasteiger partial charge in [-0.1, -0.05) is 0 Å². The third kappa shape index (κ3) is 2.24. The van der Waals surface area contributed by atoms with Crippen molar-refractivity contribution in [2.75, 3.05) is 0 Å². The van der Waals surface area contributed by atoms with Crippen molar-refractivity contribution in [1.82, 2.24) is 4.98 Å². The van der Waals surface area contributed by atoms with Crippen LogP contribution >= 0.6 is 11.6 Å². The zero-order chi connectivity index (χ0) is 10.7. The molecule has 0 bridgehead atoms. The Kier molecular flexibility index (Phi) is 3.49. The van der Waals surface area contributed by atoms with Gasteiger partial charge in [-0.15, -0.1) is 0 Å². The fraction of sp³-hybridized carbons (Fsp3) is 0.250. The molecule has 0 radical (unpaired) electrons. The average molecular weight is 221 g/mol. The lowest BCUT2D eigenvalue weighted by Crippen LogP contribution is -2.06. The van der Waals surface area contributed by atoms with Crippen LogP contribution in [-0.2, 0) is 6.54 Å². The van der Waals surface area contributed by atoms with Crippen molar-refractivity contribution in [1.29, 1.82) is 0 Å². The quantitative estimate of drug-likeness (QED) is 0.791. The molecule has 14 heavy (non-hydrogen) atoms. The summed E-state index contributed by atoms with van der Waals surface area (Å²) in [6.45, 7) is 0.0321. The molecule has 3 nitrogen and oxygen atoms in total. The van der Waals surface area contributed by atoms with E-state index in [4.69, 9.17) is 17.3 Å². The van der Waals surface area contributed by atoms with E-state index in [-0.39, 0.29) is 12.1 Å². The molecule has 6 heteroatoms. The first-order chi connectivity index (χ1) is 6.56. The van der Waals surface area contributed by atoms with Gasteiger partial charge in [0.1, 0.15) is 5.69 Å². The van der Waals surface area contributed by atoms with Crippen LogP contribution in [0.3, 0.4) is 0 Å². The van der Waals surface area contributed by atoms with Crippen LogP contribution in [0.1, 0.15) is 28.0 Å². The van der Waals surface area contributed by atoms with E-state index >= 15 is 0 Å². The second-order valence-electron chi connectivity index (χ2n) is 2.54. The monoisotopic (exact) mass is 220 g/mol. The number of hydrogen-bond donors (Lipinski definition) is 1. The van der Waals surface area contributed by atoms with Crippen LogP contribution < -0.4 is 5.73 Å². The zero-order valence-electron chi connectivity index (χ0n) is 7.01. The molecule has 1 aromatic rings. The summed E-state index contributed by atoms with van der Waals surface area (Å²) in [5.41, 5.74) is 5.14. The first kappa shape index (κ1) is 11.0. The van der Waals surface area contributed by atoms with Gasteiger partial charge in [0.15, 0.2) is 0 Å². The van der Waals surface area contributed by atoms with Crippen LogP contribution in [0, 0.1) is 0 Å². The molecule has 2 N–H and O–H groups in total. The molecule has 0 amide bonds. The van der Waals surface area contributed by atoms with Gasteiger partial charge >= 0.3 is 0 Å². The molecule has 0 spiro atoms. The van der Waals surface area contributed by atoms with Crippen molar-refractivity contribution in [3.63, 3.8) is 0 Å². The highest BCUT2D eigenvalue weighted by Gasteiger charge is 2.14. The predicted molar refractivity (Wildman–Crippen MR) is 47.3 cm³/mol. The van der Waals surface area contributed by atoms with Crippen LogP contribution in [0.15, 0.2) is 12.3 Å². The zero-order valence-corrected chi connectivity index (χ0v) is 7.76. The fourth-order valence-electron chi connectivity index (χ4n) is 0.965. The maximum absolute atomic E-state index is 12.2. The van der Waals surface area contributed by atoms with Crippen LogP contribution in [0.25, 0.3) is 0 Å². The van der Waals surface area contributed by atoms with E-state index in [1.54, 1.807) is 0 Å². The molecular weight excluding hydrogens is 214 g/mol. The van der Waals surface area contributed by atoms with Crippen LogP contribution in [0.5, 0.6) is 0 Å². The Morgan fingerprint density at radius 2 is 2.29 bits per heavy atom. The number of aromatic nitrogens is 1. The van der Waals surface area contributed by atoms with Crippen molar-refractivity contribution < 1.29 is 13.6 Å². The van der Waals surface area contributed by atoms with Crippen molar-refractivity contribution in [2.24, 2.45) is 5.73 Å². The molecule has 0 fully saturated rings. The molecule has 76 valence electrons. The molecule has 0 saturated heterocycles. The van der Waals surface area contributed by atoms with Gasteiger partial charge in [-0.2, -0.15) is 0 Å². The van der Waals surface area contributed by atoms with Gasteiger partial charge < -0.3 is 5.73 Å². The summed E-state index contributed by atoms with van der Waals surface area (Å²) < 4.78 is 24.4. The topological polar surface area (TPSA) is 56.0 Å². The van der Waals surface area contributed by atoms with Crippen LogP contribution in [0.2, 0.25) is 0 Å². The summed E-state index contributed by atoms with van der Waals surface area (Å²) in [4.78, 5) is 14.3. The molecule has 0 aliphatic rings. The molecule has 0 aromatic carbocycles. The summed E-state index contributed by atoms with van der Waals surface area (Å²) in [7, 11) is 0. The normalized spacial score (nSPS) is 10.6. The third-order valence-electron chi connectivity index (χ3n) is 1.66. The minimum Gasteiger partial charge on any atom is -0.326 e. The Hall–Kier alpha value is -1.07. The minimum atomic E-state index is -2.73. The van der Waals surface area contributed by atoms with Gasteiger partial charge in [-0.25, -0.2) is 8.78 Å². The third-order valence-corrected chi connectivity index (χ3v) is 1.87. The van der Waals surface area contributed by atoms with E-state index in [0.717, 1.165) is 12.3 Å². The molecule has 0 aliphatic heterocycles. The summed E-state index contributed by atoms with van der Waals surface area (Å²) in [5, 5.41) is -0.810. The molecular formula is C8H7ClF2N2O. The number of nitrogens with zero attached hydrogens (tertiary/aromatic N) is 1. The first-order valence-electron chi connectivity index (χ1n) is 3.73. The number of alkyl halides is 2. The lowest BCUT2D eigenvalue weighted by atomic mass is 10.1. The van der Waals surface area contributed by atoms with Crippen LogP contribution in [-0.4, -0.2) is 10.2 Å². The Morgan fingerprint density at radius 1 is 1.64 bits per heavy atom. The number of rotatable bonds is 3. The van der Waals surface area contributed by atoms with Gasteiger partial charge in [0, 0.05) is 18.3 Å². The first-order valence-corrected chi connectivity index (χ1v) is 4.11. The van der Waals surface area contributed by atoms with Crippen molar-refractivity contribution >= 4 is 16.8 Å². The number of carbonyl (C=O) groups excluding carboxylic acids is 1. The molecule has 0 unspecified atom stereocenters. The summed E-state index contributed by atoms with van der Waals surface area (Å²) in [6.07, 6.45) is -1.59. The van der Waals surface area contributed by atoms with Crippen molar-refractivity contribution in [3.05, 3.63) is 29.1 Å². The summed E-state index contributed by atoms with van der Waals surface area (Å²) in [6, 6.07) is 0.961. The standard InChI is InChI=1S/C8H7ClF2N2O/c9-7(14)5-1-6(8(10)11)13-3-4(5)2-12/h1,3,8H,2,12H2. The molecule has 0 saturated carbocycles. The van der Waals surface area contributed by atoms with Crippen molar-refractivity contribution in [2.45, 2.75) is 13.0 Å². The van der Waals surface area contributed by atoms with Gasteiger partial charge in [0.25, 0.3) is 11.7 Å². The SMILES string of the molecule is NCc1cnc(C(F)F)cc1C(=O)Cl. The van der Waals surface area contributed by atoms with E-state index in [9.17, 15) is 13.6 Å². The second kappa shape index (κ2) is 4.43. The van der Waals surface area contributed by atoms with Gasteiger partial charge in [0.05, 0.1) is 0 Å². The number of pyridine rings is 1. The van der Waals surface area contributed by atoms with Gasteiger partial charge in [-0.05, 0) is 23.2 Å². The second-order valence-corrected chi connectivity index (χ2v) is 2.89. The maximum Gasteiger partial charge on any atom is 0.280 e. The van der Waals surface area contributed by atoms with Gasteiger partial charge in [0.2, 0.25) is 0 Å². The van der Waals surface area contributed by atoms with E-state index in [1.807, 2.05) is 0 Å². The summed E-state index contributed by atoms with van der Waals surface area (Å²) in [5.74, 6) is 0. The highest BCUT2D eigenvalue weighted by atomic mass is 35.5. The maximum atomic E-state index is 12.2. The predicted octanol–water partition coefficient (Wildman–Crippen LogP) is 1.86. The number of carbonyl (C=O) groups is 1. The Labute approximate surface area is 83.9 Å². The Morgan fingerprint density at radius 3 is 2.71 bits per heavy atom. The molecule has 1 heterocycles. The van der Waals surface area contributed by atoms with E-state index in [1.165, 1.54) is 0 Å². The van der Waals surface area contributed by atoms with E-state index < -0.39 is 17.4 Å². The minimum absolute atomic E-state index is 0.0144. The number of hydrogen-bond acceptors (Lipinski definition) is 3. The largest absolute Gasteiger partial charge is 0.326 e. The molecule has 0 atom stereocenters. The van der Waals surface area contributed by atoms with Gasteiger partial charge in [-0.3, -0.25) is 9.78 Å². The smallest absolute Gasteiger partial charge is 0.280 e. The Bertz CT molecular complexity index is 357. The van der Waals surface area contributed by atoms with Crippen LogP contribution in [0.4, 0.5) is 8.78 Å². The lowest BCUT2D eigenvalue weighted by molar-refractivity contribution is 0.107. The highest BCUT2D eigenvalue weighted by molar-refractivity contribution is 6.67. The molecule has 1 aromatic heterocycles. The Balaban J connectivity index is 3.21. The fourth-order valence-corrected chi connectivity index (χ4v) is 1.14. The number of halogens is 3. The lowest BCUT2D eigenvalue weighted by Gasteiger charge is -2.05. The average Bonchev–Trinajstić information content (AvgIpc) is 2.16. The molecule has 0 aliphatic carbocycles.